The summed E-state index contributed by atoms with van der Waals surface area (Å²) in [6.07, 6.45) is 1.36. The Morgan fingerprint density at radius 2 is 2.00 bits per heavy atom. The molecule has 0 saturated carbocycles. The van der Waals surface area contributed by atoms with E-state index in [0.29, 0.717) is 38.2 Å². The van der Waals surface area contributed by atoms with Crippen molar-refractivity contribution in [3.8, 4) is 5.75 Å². The highest BCUT2D eigenvalue weighted by molar-refractivity contribution is 6.00. The number of piperidine rings is 1. The van der Waals surface area contributed by atoms with Gasteiger partial charge in [0.2, 0.25) is 11.8 Å². The molecule has 0 spiro atoms. The Balaban J connectivity index is 1.79. The van der Waals surface area contributed by atoms with Crippen LogP contribution in [-0.2, 0) is 9.59 Å². The molecule has 1 saturated heterocycles. The molecule has 130 valence electrons. The van der Waals surface area contributed by atoms with E-state index in [1.54, 1.807) is 0 Å². The standard InChI is InChI=1S/C17H22N2O5/c1-19-15(20)9-8-14(16(19)21)12-4-6-13(7-5-12)24-11-3-2-10-18-17(22)23/h4-7,14,18H,2-3,8-11H2,1H3,(H,22,23). The van der Waals surface area contributed by atoms with Crippen LogP contribution in [0.1, 0.15) is 37.2 Å². The van der Waals surface area contributed by atoms with Crippen molar-refractivity contribution in [1.82, 2.24) is 10.2 Å². The third-order valence-corrected chi connectivity index (χ3v) is 4.05. The number of likely N-dealkylation sites (N-methyl/N-ethyl adjacent to an activating group) is 1. The first-order valence-corrected chi connectivity index (χ1v) is 7.99. The van der Waals surface area contributed by atoms with E-state index < -0.39 is 6.09 Å². The van der Waals surface area contributed by atoms with Crippen molar-refractivity contribution < 1.29 is 24.2 Å². The maximum Gasteiger partial charge on any atom is 0.404 e. The Kier molecular flexibility index (Phi) is 6.17. The fourth-order valence-electron chi connectivity index (χ4n) is 2.63. The molecule has 7 heteroatoms. The van der Waals surface area contributed by atoms with Crippen LogP contribution in [0.15, 0.2) is 24.3 Å². The highest BCUT2D eigenvalue weighted by Gasteiger charge is 2.32. The van der Waals surface area contributed by atoms with Gasteiger partial charge in [-0.2, -0.15) is 0 Å². The van der Waals surface area contributed by atoms with Crippen LogP contribution in [0.25, 0.3) is 0 Å². The number of rotatable bonds is 7. The fourth-order valence-corrected chi connectivity index (χ4v) is 2.63. The largest absolute Gasteiger partial charge is 0.494 e. The highest BCUT2D eigenvalue weighted by Crippen LogP contribution is 2.29. The summed E-state index contributed by atoms with van der Waals surface area (Å²) < 4.78 is 5.60. The van der Waals surface area contributed by atoms with Gasteiger partial charge in [0, 0.05) is 20.0 Å². The summed E-state index contributed by atoms with van der Waals surface area (Å²) in [5, 5.41) is 10.7. The fraction of sp³-hybridized carbons (Fsp3) is 0.471. The first-order valence-electron chi connectivity index (χ1n) is 7.99. The smallest absolute Gasteiger partial charge is 0.404 e. The number of carbonyl (C=O) groups excluding carboxylic acids is 2. The van der Waals surface area contributed by atoms with Gasteiger partial charge < -0.3 is 15.2 Å². The zero-order valence-electron chi connectivity index (χ0n) is 13.7. The van der Waals surface area contributed by atoms with Crippen molar-refractivity contribution in [2.75, 3.05) is 20.2 Å². The number of benzene rings is 1. The number of likely N-dealkylation sites (tertiary alicyclic amines) is 1. The molecule has 3 amide bonds. The van der Waals surface area contributed by atoms with Crippen molar-refractivity contribution in [3.63, 3.8) is 0 Å². The van der Waals surface area contributed by atoms with Gasteiger partial charge in [-0.3, -0.25) is 14.5 Å². The van der Waals surface area contributed by atoms with Crippen LogP contribution >= 0.6 is 0 Å². The third kappa shape index (κ3) is 4.71. The Labute approximate surface area is 140 Å². The van der Waals surface area contributed by atoms with Crippen molar-refractivity contribution in [2.24, 2.45) is 0 Å². The maximum atomic E-state index is 12.2. The lowest BCUT2D eigenvalue weighted by molar-refractivity contribution is -0.147. The number of imide groups is 1. The van der Waals surface area contributed by atoms with Gasteiger partial charge in [0.1, 0.15) is 5.75 Å². The van der Waals surface area contributed by atoms with Gasteiger partial charge in [0.15, 0.2) is 0 Å². The maximum absolute atomic E-state index is 12.2. The molecule has 0 aromatic heterocycles. The molecule has 7 nitrogen and oxygen atoms in total. The molecule has 2 rings (SSSR count). The van der Waals surface area contributed by atoms with Crippen LogP contribution in [0.4, 0.5) is 4.79 Å². The third-order valence-electron chi connectivity index (χ3n) is 4.05. The molecule has 0 radical (unpaired) electrons. The summed E-state index contributed by atoms with van der Waals surface area (Å²) in [5.74, 6) is 0.140. The molecule has 1 aliphatic heterocycles. The lowest BCUT2D eigenvalue weighted by atomic mass is 9.90. The average molecular weight is 334 g/mol. The molecular weight excluding hydrogens is 312 g/mol. The normalized spacial score (nSPS) is 17.7. The van der Waals surface area contributed by atoms with E-state index in [1.165, 1.54) is 11.9 Å². The van der Waals surface area contributed by atoms with Crippen LogP contribution in [0.5, 0.6) is 5.75 Å². The molecule has 1 fully saturated rings. The number of ether oxygens (including phenoxy) is 1. The number of carbonyl (C=O) groups is 3. The summed E-state index contributed by atoms with van der Waals surface area (Å²) in [6, 6.07) is 7.34. The molecule has 1 unspecified atom stereocenters. The van der Waals surface area contributed by atoms with Crippen LogP contribution in [0, 0.1) is 0 Å². The Hall–Kier alpha value is -2.57. The van der Waals surface area contributed by atoms with Crippen molar-refractivity contribution in [1.29, 1.82) is 0 Å². The molecule has 1 heterocycles. The second kappa shape index (κ2) is 8.33. The van der Waals surface area contributed by atoms with Crippen LogP contribution < -0.4 is 10.1 Å². The van der Waals surface area contributed by atoms with Crippen molar-refractivity contribution in [3.05, 3.63) is 29.8 Å². The number of unbranched alkanes of at least 4 members (excludes halogenated alkanes) is 1. The number of hydrogen-bond donors (Lipinski definition) is 2. The molecule has 1 aromatic carbocycles. The molecule has 2 N–H and O–H groups in total. The SMILES string of the molecule is CN1C(=O)CCC(c2ccc(OCCCCNC(=O)O)cc2)C1=O. The molecule has 24 heavy (non-hydrogen) atoms. The van der Waals surface area contributed by atoms with E-state index in [4.69, 9.17) is 9.84 Å². The molecule has 0 aliphatic carbocycles. The first kappa shape index (κ1) is 17.8. The number of nitrogens with zero attached hydrogens (tertiary/aromatic N) is 1. The minimum atomic E-state index is -1.02. The highest BCUT2D eigenvalue weighted by atomic mass is 16.5. The molecule has 0 bridgehead atoms. The molecule has 1 aromatic rings. The minimum absolute atomic E-state index is 0.131. The van der Waals surface area contributed by atoms with Gasteiger partial charge in [-0.1, -0.05) is 12.1 Å². The van der Waals surface area contributed by atoms with Gasteiger partial charge in [0.05, 0.1) is 12.5 Å². The molecule has 1 aliphatic rings. The zero-order chi connectivity index (χ0) is 17.5. The van der Waals surface area contributed by atoms with E-state index >= 15 is 0 Å². The Morgan fingerprint density at radius 1 is 1.29 bits per heavy atom. The number of nitrogens with one attached hydrogen (secondary N) is 1. The summed E-state index contributed by atoms with van der Waals surface area (Å²) in [5.41, 5.74) is 0.886. The summed E-state index contributed by atoms with van der Waals surface area (Å²) in [4.78, 5) is 35.2. The average Bonchev–Trinajstić information content (AvgIpc) is 2.56. The van der Waals surface area contributed by atoms with E-state index in [2.05, 4.69) is 5.32 Å². The van der Waals surface area contributed by atoms with Crippen molar-refractivity contribution in [2.45, 2.75) is 31.6 Å². The van der Waals surface area contributed by atoms with Gasteiger partial charge in [-0.25, -0.2) is 4.79 Å². The van der Waals surface area contributed by atoms with E-state index in [9.17, 15) is 14.4 Å². The topological polar surface area (TPSA) is 95.9 Å². The van der Waals surface area contributed by atoms with Gasteiger partial charge in [-0.05, 0) is 37.0 Å². The number of hydrogen-bond acceptors (Lipinski definition) is 4. The summed E-state index contributed by atoms with van der Waals surface area (Å²) >= 11 is 0. The van der Waals surface area contributed by atoms with Crippen LogP contribution in [0.2, 0.25) is 0 Å². The minimum Gasteiger partial charge on any atom is -0.494 e. The van der Waals surface area contributed by atoms with Crippen LogP contribution in [-0.4, -0.2) is 48.1 Å². The first-order chi connectivity index (χ1) is 11.5. The monoisotopic (exact) mass is 334 g/mol. The molecular formula is C17H22N2O5. The second-order valence-corrected chi connectivity index (χ2v) is 5.74. The Morgan fingerprint density at radius 3 is 2.67 bits per heavy atom. The molecule has 1 atom stereocenters. The van der Waals surface area contributed by atoms with Gasteiger partial charge in [-0.15, -0.1) is 0 Å². The van der Waals surface area contributed by atoms with E-state index in [-0.39, 0.29) is 17.7 Å². The predicted molar refractivity (Wildman–Crippen MR) is 87.0 cm³/mol. The number of amides is 3. The Bertz CT molecular complexity index is 600. The van der Waals surface area contributed by atoms with E-state index in [1.807, 2.05) is 24.3 Å². The lowest BCUT2D eigenvalue weighted by Crippen LogP contribution is -2.41. The summed E-state index contributed by atoms with van der Waals surface area (Å²) in [7, 11) is 1.52. The second-order valence-electron chi connectivity index (χ2n) is 5.74. The van der Waals surface area contributed by atoms with E-state index in [0.717, 1.165) is 12.0 Å². The van der Waals surface area contributed by atoms with Crippen LogP contribution in [0.3, 0.4) is 0 Å². The zero-order valence-corrected chi connectivity index (χ0v) is 13.7. The quantitative estimate of drug-likeness (QED) is 0.587. The van der Waals surface area contributed by atoms with Gasteiger partial charge >= 0.3 is 6.09 Å². The van der Waals surface area contributed by atoms with Crippen molar-refractivity contribution >= 4 is 17.9 Å². The lowest BCUT2D eigenvalue weighted by Gasteiger charge is -2.27. The summed E-state index contributed by atoms with van der Waals surface area (Å²) in [6.45, 7) is 0.911. The van der Waals surface area contributed by atoms with Gasteiger partial charge in [0.25, 0.3) is 0 Å². The number of carboxylic acid groups (broad SMARTS) is 1. The predicted octanol–water partition coefficient (Wildman–Crippen LogP) is 1.98.